The van der Waals surface area contributed by atoms with Gasteiger partial charge in [0.1, 0.15) is 0 Å². The smallest absolute Gasteiger partial charge is 0.337 e. The fourth-order valence-corrected chi connectivity index (χ4v) is 2.43. The van der Waals surface area contributed by atoms with Gasteiger partial charge in [0.15, 0.2) is 11.5 Å². The van der Waals surface area contributed by atoms with E-state index in [1.165, 1.54) is 28.4 Å². The van der Waals surface area contributed by atoms with Gasteiger partial charge >= 0.3 is 5.97 Å². The molecule has 2 aromatic rings. The predicted molar refractivity (Wildman–Crippen MR) is 95.0 cm³/mol. The van der Waals surface area contributed by atoms with Gasteiger partial charge < -0.3 is 24.3 Å². The van der Waals surface area contributed by atoms with Crippen molar-refractivity contribution in [3.8, 4) is 17.2 Å². The van der Waals surface area contributed by atoms with E-state index in [1.807, 2.05) is 0 Å². The zero-order valence-electron chi connectivity index (χ0n) is 15.1. The fraction of sp³-hybridized carbons (Fsp3) is 0.263. The third kappa shape index (κ3) is 4.05. The number of rotatable bonds is 7. The summed E-state index contributed by atoms with van der Waals surface area (Å²) in [6.07, 6.45) is 0. The van der Waals surface area contributed by atoms with Crippen LogP contribution in [0.25, 0.3) is 0 Å². The summed E-state index contributed by atoms with van der Waals surface area (Å²) in [5.41, 5.74) is 1.62. The first kappa shape index (κ1) is 19.1. The van der Waals surface area contributed by atoms with E-state index in [-0.39, 0.29) is 12.5 Å². The Morgan fingerprint density at radius 2 is 1.50 bits per heavy atom. The maximum Gasteiger partial charge on any atom is 0.337 e. The molecule has 2 rings (SSSR count). The number of hydrogen-bond donors (Lipinski definition) is 1. The normalized spacial score (nSPS) is 10.0. The number of ether oxygens (including phenoxy) is 4. The number of amides is 1. The molecule has 0 unspecified atom stereocenters. The zero-order chi connectivity index (χ0) is 19.1. The van der Waals surface area contributed by atoms with Crippen LogP contribution < -0.4 is 19.5 Å². The quantitative estimate of drug-likeness (QED) is 0.765. The molecule has 0 aliphatic heterocycles. The van der Waals surface area contributed by atoms with E-state index in [9.17, 15) is 9.59 Å². The number of hydrogen-bond acceptors (Lipinski definition) is 6. The lowest BCUT2D eigenvalue weighted by molar-refractivity contribution is 0.0600. The molecule has 2 aromatic carbocycles. The molecule has 0 spiro atoms. The highest BCUT2D eigenvalue weighted by Gasteiger charge is 2.20. The van der Waals surface area contributed by atoms with E-state index >= 15 is 0 Å². The van der Waals surface area contributed by atoms with Crippen LogP contribution in [0.2, 0.25) is 0 Å². The molecule has 7 nitrogen and oxygen atoms in total. The first-order valence-corrected chi connectivity index (χ1v) is 7.80. The Labute approximate surface area is 151 Å². The van der Waals surface area contributed by atoms with Crippen molar-refractivity contribution in [2.75, 3.05) is 28.4 Å². The summed E-state index contributed by atoms with van der Waals surface area (Å²) in [4.78, 5) is 24.0. The van der Waals surface area contributed by atoms with Gasteiger partial charge in [-0.05, 0) is 29.8 Å². The average molecular weight is 359 g/mol. The molecule has 0 bridgehead atoms. The van der Waals surface area contributed by atoms with Crippen LogP contribution in [0.1, 0.15) is 26.3 Å². The zero-order valence-corrected chi connectivity index (χ0v) is 15.1. The number of carbonyl (C=O) groups is 2. The minimum Gasteiger partial charge on any atom is -0.493 e. The van der Waals surface area contributed by atoms with Crippen molar-refractivity contribution in [2.45, 2.75) is 6.54 Å². The topological polar surface area (TPSA) is 83.1 Å². The SMILES string of the molecule is COC(=O)c1ccc(CNC(=O)c2ccc(OC)c(OC)c2OC)cc1. The Morgan fingerprint density at radius 3 is 2.04 bits per heavy atom. The number of benzene rings is 2. The molecule has 0 saturated heterocycles. The number of methoxy groups -OCH3 is 4. The molecule has 1 amide bonds. The Hall–Kier alpha value is -3.22. The van der Waals surface area contributed by atoms with Crippen LogP contribution in [0.15, 0.2) is 36.4 Å². The molecular weight excluding hydrogens is 338 g/mol. The van der Waals surface area contributed by atoms with E-state index in [4.69, 9.17) is 14.2 Å². The van der Waals surface area contributed by atoms with Crippen molar-refractivity contribution in [3.05, 3.63) is 53.1 Å². The summed E-state index contributed by atoms with van der Waals surface area (Å²) in [5, 5.41) is 2.81. The highest BCUT2D eigenvalue weighted by atomic mass is 16.5. The third-order valence-electron chi connectivity index (χ3n) is 3.78. The van der Waals surface area contributed by atoms with Crippen LogP contribution in [0.3, 0.4) is 0 Å². The second kappa shape index (κ2) is 8.75. The van der Waals surface area contributed by atoms with Crippen LogP contribution >= 0.6 is 0 Å². The van der Waals surface area contributed by atoms with Crippen LogP contribution in [-0.2, 0) is 11.3 Å². The minimum atomic E-state index is -0.407. The van der Waals surface area contributed by atoms with Crippen molar-refractivity contribution < 1.29 is 28.5 Å². The Bertz CT molecular complexity index is 785. The van der Waals surface area contributed by atoms with Crippen molar-refractivity contribution in [1.82, 2.24) is 5.32 Å². The average Bonchev–Trinajstić information content (AvgIpc) is 2.70. The van der Waals surface area contributed by atoms with Crippen molar-refractivity contribution in [1.29, 1.82) is 0 Å². The number of carbonyl (C=O) groups excluding carboxylic acids is 2. The monoisotopic (exact) mass is 359 g/mol. The summed E-state index contributed by atoms with van der Waals surface area (Å²) in [7, 11) is 5.77. The molecule has 0 saturated carbocycles. The van der Waals surface area contributed by atoms with Gasteiger partial charge in [-0.1, -0.05) is 12.1 Å². The molecule has 138 valence electrons. The molecule has 1 N–H and O–H groups in total. The first-order chi connectivity index (χ1) is 12.5. The van der Waals surface area contributed by atoms with E-state index in [0.29, 0.717) is 28.4 Å². The minimum absolute atomic E-state index is 0.289. The van der Waals surface area contributed by atoms with E-state index in [0.717, 1.165) is 5.56 Å². The molecule has 0 aliphatic rings. The van der Waals surface area contributed by atoms with Crippen molar-refractivity contribution in [2.24, 2.45) is 0 Å². The Kier molecular flexibility index (Phi) is 6.43. The highest BCUT2D eigenvalue weighted by Crippen LogP contribution is 2.39. The summed E-state index contributed by atoms with van der Waals surface area (Å²) >= 11 is 0. The van der Waals surface area contributed by atoms with Gasteiger partial charge in [-0.15, -0.1) is 0 Å². The van der Waals surface area contributed by atoms with E-state index < -0.39 is 5.97 Å². The standard InChI is InChI=1S/C19H21NO6/c1-23-15-10-9-14(16(24-2)17(15)25-3)18(21)20-11-12-5-7-13(8-6-12)19(22)26-4/h5-10H,11H2,1-4H3,(H,20,21). The molecule has 7 heteroatoms. The predicted octanol–water partition coefficient (Wildman–Crippen LogP) is 2.43. The molecule has 0 atom stereocenters. The maximum atomic E-state index is 12.5. The molecule has 0 aliphatic carbocycles. The van der Waals surface area contributed by atoms with Gasteiger partial charge in [-0.2, -0.15) is 0 Å². The summed E-state index contributed by atoms with van der Waals surface area (Å²) in [5.74, 6) is 0.394. The second-order valence-electron chi connectivity index (χ2n) is 5.25. The van der Waals surface area contributed by atoms with Gasteiger partial charge in [-0.25, -0.2) is 4.79 Å². The van der Waals surface area contributed by atoms with Gasteiger partial charge in [-0.3, -0.25) is 4.79 Å². The lowest BCUT2D eigenvalue weighted by atomic mass is 10.1. The highest BCUT2D eigenvalue weighted by molar-refractivity contribution is 5.98. The molecule has 0 aromatic heterocycles. The van der Waals surface area contributed by atoms with Crippen molar-refractivity contribution in [3.63, 3.8) is 0 Å². The lowest BCUT2D eigenvalue weighted by Gasteiger charge is -2.15. The van der Waals surface area contributed by atoms with Crippen LogP contribution in [0.5, 0.6) is 17.2 Å². The number of esters is 1. The van der Waals surface area contributed by atoms with E-state index in [2.05, 4.69) is 10.1 Å². The Balaban J connectivity index is 2.14. The fourth-order valence-electron chi connectivity index (χ4n) is 2.43. The van der Waals surface area contributed by atoms with Crippen molar-refractivity contribution >= 4 is 11.9 Å². The van der Waals surface area contributed by atoms with Crippen LogP contribution in [-0.4, -0.2) is 40.3 Å². The first-order valence-electron chi connectivity index (χ1n) is 7.80. The summed E-state index contributed by atoms with van der Waals surface area (Å²) in [6, 6.07) is 10.0. The van der Waals surface area contributed by atoms with Crippen LogP contribution in [0, 0.1) is 0 Å². The van der Waals surface area contributed by atoms with E-state index in [1.54, 1.807) is 36.4 Å². The third-order valence-corrected chi connectivity index (χ3v) is 3.78. The molecule has 0 radical (unpaired) electrons. The maximum absolute atomic E-state index is 12.5. The van der Waals surface area contributed by atoms with Gasteiger partial charge in [0, 0.05) is 6.54 Å². The summed E-state index contributed by atoms with van der Waals surface area (Å²) < 4.78 is 20.5. The molecule has 0 heterocycles. The molecule has 26 heavy (non-hydrogen) atoms. The Morgan fingerprint density at radius 1 is 0.846 bits per heavy atom. The lowest BCUT2D eigenvalue weighted by Crippen LogP contribution is -2.23. The largest absolute Gasteiger partial charge is 0.493 e. The number of nitrogens with one attached hydrogen (secondary N) is 1. The molecule has 0 fully saturated rings. The van der Waals surface area contributed by atoms with Gasteiger partial charge in [0.25, 0.3) is 5.91 Å². The van der Waals surface area contributed by atoms with Gasteiger partial charge in [0.2, 0.25) is 5.75 Å². The summed E-state index contributed by atoms with van der Waals surface area (Å²) in [6.45, 7) is 0.289. The molecular formula is C19H21NO6. The van der Waals surface area contributed by atoms with Crippen LogP contribution in [0.4, 0.5) is 0 Å². The van der Waals surface area contributed by atoms with Gasteiger partial charge in [0.05, 0.1) is 39.6 Å². The second-order valence-corrected chi connectivity index (χ2v) is 5.25.